The number of likely N-dealkylation sites (tertiary alicyclic amines) is 1. The molecule has 1 saturated heterocycles. The fourth-order valence-corrected chi connectivity index (χ4v) is 3.21. The summed E-state index contributed by atoms with van der Waals surface area (Å²) in [5.41, 5.74) is 2.23. The molecule has 1 aliphatic rings. The summed E-state index contributed by atoms with van der Waals surface area (Å²) >= 11 is 0. The molecule has 1 aromatic rings. The maximum absolute atomic E-state index is 12.7. The highest BCUT2D eigenvalue weighted by molar-refractivity contribution is 5.85. The molecular weight excluding hydrogens is 288 g/mol. The van der Waals surface area contributed by atoms with Crippen molar-refractivity contribution in [3.05, 3.63) is 35.4 Å². The van der Waals surface area contributed by atoms with E-state index in [2.05, 4.69) is 19.2 Å². The predicted molar refractivity (Wildman–Crippen MR) is 91.9 cm³/mol. The third-order valence-corrected chi connectivity index (χ3v) is 4.49. The highest BCUT2D eigenvalue weighted by Gasteiger charge is 2.39. The largest absolute Gasteiger partial charge is 0.356 e. The van der Waals surface area contributed by atoms with E-state index in [0.29, 0.717) is 31.8 Å². The molecule has 2 amide bonds. The molecule has 1 aliphatic heterocycles. The highest BCUT2D eigenvalue weighted by Crippen LogP contribution is 2.36. The molecule has 0 aromatic heterocycles. The van der Waals surface area contributed by atoms with Gasteiger partial charge in [0.25, 0.3) is 0 Å². The second-order valence-electron chi connectivity index (χ2n) is 6.82. The van der Waals surface area contributed by atoms with Crippen LogP contribution in [0.5, 0.6) is 0 Å². The quantitative estimate of drug-likeness (QED) is 0.907. The van der Waals surface area contributed by atoms with Crippen LogP contribution in [0.3, 0.4) is 0 Å². The van der Waals surface area contributed by atoms with Gasteiger partial charge in [0, 0.05) is 19.5 Å². The van der Waals surface area contributed by atoms with Gasteiger partial charge < -0.3 is 10.2 Å². The van der Waals surface area contributed by atoms with Crippen molar-refractivity contribution in [1.82, 2.24) is 10.2 Å². The Balaban J connectivity index is 2.28. The number of amides is 2. The van der Waals surface area contributed by atoms with Gasteiger partial charge >= 0.3 is 0 Å². The summed E-state index contributed by atoms with van der Waals surface area (Å²) in [5, 5.41) is 3.05. The number of nitrogens with zero attached hydrogens (tertiary/aromatic N) is 1. The van der Waals surface area contributed by atoms with Crippen LogP contribution in [0.1, 0.15) is 50.8 Å². The minimum absolute atomic E-state index is 0.0650. The van der Waals surface area contributed by atoms with E-state index in [1.165, 1.54) is 5.56 Å². The van der Waals surface area contributed by atoms with Gasteiger partial charge in [-0.25, -0.2) is 0 Å². The molecular formula is C19H28N2O2. The number of hydrogen-bond acceptors (Lipinski definition) is 2. The zero-order chi connectivity index (χ0) is 17.0. The molecule has 2 atom stereocenters. The average Bonchev–Trinajstić information content (AvgIpc) is 2.53. The van der Waals surface area contributed by atoms with Gasteiger partial charge in [-0.3, -0.25) is 9.59 Å². The van der Waals surface area contributed by atoms with Crippen molar-refractivity contribution in [2.75, 3.05) is 13.1 Å². The Labute approximate surface area is 139 Å². The van der Waals surface area contributed by atoms with Crippen LogP contribution in [0.15, 0.2) is 24.3 Å². The summed E-state index contributed by atoms with van der Waals surface area (Å²) in [6, 6.07) is 8.03. The summed E-state index contributed by atoms with van der Waals surface area (Å²) in [6.07, 6.45) is 1.08. The maximum Gasteiger partial charge on any atom is 0.225 e. The number of nitrogens with one attached hydrogen (secondary N) is 1. The van der Waals surface area contributed by atoms with Gasteiger partial charge in [-0.1, -0.05) is 43.7 Å². The van der Waals surface area contributed by atoms with Gasteiger partial charge in [-0.2, -0.15) is 0 Å². The Bertz CT molecular complexity index is 551. The van der Waals surface area contributed by atoms with Crippen LogP contribution in [0.4, 0.5) is 0 Å². The first-order valence-corrected chi connectivity index (χ1v) is 8.57. The van der Waals surface area contributed by atoms with Crippen molar-refractivity contribution in [3.63, 3.8) is 0 Å². The lowest BCUT2D eigenvalue weighted by atomic mass is 9.83. The molecule has 126 valence electrons. The molecule has 0 saturated carbocycles. The van der Waals surface area contributed by atoms with Gasteiger partial charge in [-0.05, 0) is 31.7 Å². The molecule has 1 fully saturated rings. The molecule has 4 nitrogen and oxygen atoms in total. The second kappa shape index (κ2) is 7.62. The first-order chi connectivity index (χ1) is 10.9. The van der Waals surface area contributed by atoms with Gasteiger partial charge in [-0.15, -0.1) is 0 Å². The lowest BCUT2D eigenvalue weighted by Gasteiger charge is -2.40. The molecule has 0 bridgehead atoms. The molecule has 1 N–H and O–H groups in total. The number of carbonyl (C=O) groups excluding carboxylic acids is 2. The van der Waals surface area contributed by atoms with Crippen LogP contribution in [-0.4, -0.2) is 29.8 Å². The van der Waals surface area contributed by atoms with E-state index in [-0.39, 0.29) is 23.8 Å². The van der Waals surface area contributed by atoms with Crippen molar-refractivity contribution in [2.45, 2.75) is 46.6 Å². The smallest absolute Gasteiger partial charge is 0.225 e. The van der Waals surface area contributed by atoms with Crippen LogP contribution in [0, 0.1) is 18.8 Å². The predicted octanol–water partition coefficient (Wildman–Crippen LogP) is 3.07. The fourth-order valence-electron chi connectivity index (χ4n) is 3.21. The molecule has 0 aliphatic carbocycles. The van der Waals surface area contributed by atoms with E-state index < -0.39 is 0 Å². The van der Waals surface area contributed by atoms with Gasteiger partial charge in [0.2, 0.25) is 11.8 Å². The number of aryl methyl sites for hydroxylation is 1. The Morgan fingerprint density at radius 3 is 2.52 bits per heavy atom. The second-order valence-corrected chi connectivity index (χ2v) is 6.82. The zero-order valence-corrected chi connectivity index (χ0v) is 14.6. The van der Waals surface area contributed by atoms with E-state index in [1.54, 1.807) is 0 Å². The van der Waals surface area contributed by atoms with Gasteiger partial charge in [0.15, 0.2) is 0 Å². The Morgan fingerprint density at radius 2 is 1.96 bits per heavy atom. The molecule has 2 rings (SSSR count). The van der Waals surface area contributed by atoms with Crippen LogP contribution < -0.4 is 5.32 Å². The van der Waals surface area contributed by atoms with E-state index in [0.717, 1.165) is 5.56 Å². The van der Waals surface area contributed by atoms with Crippen LogP contribution >= 0.6 is 0 Å². The summed E-state index contributed by atoms with van der Waals surface area (Å²) in [7, 11) is 0. The third-order valence-electron chi connectivity index (χ3n) is 4.49. The maximum atomic E-state index is 12.7. The number of carbonyl (C=O) groups is 2. The summed E-state index contributed by atoms with van der Waals surface area (Å²) in [4.78, 5) is 26.8. The third kappa shape index (κ3) is 4.12. The van der Waals surface area contributed by atoms with E-state index in [4.69, 9.17) is 0 Å². The first kappa shape index (κ1) is 17.5. The zero-order valence-electron chi connectivity index (χ0n) is 14.6. The summed E-state index contributed by atoms with van der Waals surface area (Å²) in [6.45, 7) is 9.50. The molecule has 0 unspecified atom stereocenters. The topological polar surface area (TPSA) is 49.4 Å². The monoisotopic (exact) mass is 316 g/mol. The molecule has 1 aromatic carbocycles. The Kier molecular flexibility index (Phi) is 5.80. The van der Waals surface area contributed by atoms with Crippen LogP contribution in [0.2, 0.25) is 0 Å². The summed E-state index contributed by atoms with van der Waals surface area (Å²) in [5.74, 6) is 0.458. The number of benzene rings is 1. The Morgan fingerprint density at radius 1 is 1.30 bits per heavy atom. The van der Waals surface area contributed by atoms with Gasteiger partial charge in [0.1, 0.15) is 0 Å². The van der Waals surface area contributed by atoms with Crippen molar-refractivity contribution < 1.29 is 9.59 Å². The van der Waals surface area contributed by atoms with E-state index >= 15 is 0 Å². The normalized spacial score (nSPS) is 21.6. The van der Waals surface area contributed by atoms with Gasteiger partial charge in [0.05, 0.1) is 12.0 Å². The van der Waals surface area contributed by atoms with Crippen molar-refractivity contribution in [3.8, 4) is 0 Å². The Hall–Kier alpha value is -1.84. The van der Waals surface area contributed by atoms with Crippen LogP contribution in [-0.2, 0) is 9.59 Å². The summed E-state index contributed by atoms with van der Waals surface area (Å²) < 4.78 is 0. The number of hydrogen-bond donors (Lipinski definition) is 1. The molecule has 1 heterocycles. The first-order valence-electron chi connectivity index (χ1n) is 8.57. The van der Waals surface area contributed by atoms with E-state index in [1.807, 2.05) is 43.0 Å². The number of rotatable bonds is 5. The van der Waals surface area contributed by atoms with Crippen molar-refractivity contribution in [1.29, 1.82) is 0 Å². The highest BCUT2D eigenvalue weighted by atomic mass is 16.2. The molecule has 4 heteroatoms. The lowest BCUT2D eigenvalue weighted by Crippen LogP contribution is -2.48. The van der Waals surface area contributed by atoms with Crippen molar-refractivity contribution in [2.24, 2.45) is 11.8 Å². The fraction of sp³-hybridized carbons (Fsp3) is 0.579. The molecule has 23 heavy (non-hydrogen) atoms. The molecule has 0 spiro atoms. The van der Waals surface area contributed by atoms with Crippen molar-refractivity contribution >= 4 is 11.8 Å². The molecule has 0 radical (unpaired) electrons. The number of piperidine rings is 1. The standard InChI is InChI=1S/C19H28N2O2/c1-5-21-17(22)11-10-16(19(23)20-12-13(2)3)18(21)15-8-6-14(4)7-9-15/h6-9,13,16,18H,5,10-12H2,1-4H3,(H,20,23)/t16-,18+/m1/s1. The minimum Gasteiger partial charge on any atom is -0.356 e. The average molecular weight is 316 g/mol. The SMILES string of the molecule is CCN1C(=O)CC[C@@H](C(=O)NCC(C)C)[C@@H]1c1ccc(C)cc1. The lowest BCUT2D eigenvalue weighted by molar-refractivity contribution is -0.143. The van der Waals surface area contributed by atoms with E-state index in [9.17, 15) is 9.59 Å². The van der Waals surface area contributed by atoms with Crippen LogP contribution in [0.25, 0.3) is 0 Å². The minimum atomic E-state index is -0.172.